The molecular formula is C21H21FN4O4S2. The van der Waals surface area contributed by atoms with Crippen LogP contribution in [0.4, 0.5) is 15.2 Å². The monoisotopic (exact) mass is 476 g/mol. The molecule has 2 aromatic carbocycles. The molecule has 3 rings (SSSR count). The molecule has 0 saturated heterocycles. The van der Waals surface area contributed by atoms with Crippen LogP contribution in [0.25, 0.3) is 0 Å². The number of hydrogen-bond donors (Lipinski definition) is 2. The summed E-state index contributed by atoms with van der Waals surface area (Å²) in [6.07, 6.45) is 0. The van der Waals surface area contributed by atoms with E-state index < -0.39 is 0 Å². The van der Waals surface area contributed by atoms with E-state index in [1.165, 1.54) is 36.0 Å². The number of nitrogens with one attached hydrogen (secondary N) is 2. The summed E-state index contributed by atoms with van der Waals surface area (Å²) in [7, 11) is 0. The second-order valence-corrected chi connectivity index (χ2v) is 8.40. The van der Waals surface area contributed by atoms with Crippen molar-refractivity contribution in [2.24, 2.45) is 0 Å². The number of aromatic nitrogens is 2. The lowest BCUT2D eigenvalue weighted by atomic mass is 10.2. The van der Waals surface area contributed by atoms with Crippen molar-refractivity contribution in [2.45, 2.75) is 18.2 Å². The van der Waals surface area contributed by atoms with Crippen LogP contribution in [-0.2, 0) is 4.79 Å². The predicted molar refractivity (Wildman–Crippen MR) is 122 cm³/mol. The number of carbonyl (C=O) groups excluding carboxylic acids is 2. The third-order valence-electron chi connectivity index (χ3n) is 3.89. The van der Waals surface area contributed by atoms with Gasteiger partial charge in [0.1, 0.15) is 5.82 Å². The van der Waals surface area contributed by atoms with Crippen molar-refractivity contribution in [1.29, 1.82) is 0 Å². The molecule has 0 fully saturated rings. The number of hydrogen-bond acceptors (Lipinski definition) is 8. The average Bonchev–Trinajstić information content (AvgIpc) is 3.22. The molecule has 11 heteroatoms. The molecule has 168 valence electrons. The van der Waals surface area contributed by atoms with Gasteiger partial charge in [-0.2, -0.15) is 0 Å². The number of benzene rings is 2. The fourth-order valence-corrected chi connectivity index (χ4v) is 4.08. The summed E-state index contributed by atoms with van der Waals surface area (Å²) < 4.78 is 24.5. The van der Waals surface area contributed by atoms with E-state index in [2.05, 4.69) is 20.8 Å². The summed E-state index contributed by atoms with van der Waals surface area (Å²) in [5.74, 6) is 0.148. The van der Waals surface area contributed by atoms with Gasteiger partial charge < -0.3 is 14.8 Å². The Bertz CT molecular complexity index is 1080. The maximum Gasteiger partial charge on any atom is 0.257 e. The first kappa shape index (κ1) is 23.5. The number of anilines is 2. The predicted octanol–water partition coefficient (Wildman–Crippen LogP) is 4.46. The fourth-order valence-electron chi connectivity index (χ4n) is 2.54. The van der Waals surface area contributed by atoms with Crippen LogP contribution in [0, 0.1) is 5.82 Å². The lowest BCUT2D eigenvalue weighted by Crippen LogP contribution is -2.13. The number of halogens is 1. The molecule has 0 aliphatic heterocycles. The first-order valence-corrected chi connectivity index (χ1v) is 11.5. The topological polar surface area (TPSA) is 102 Å². The third-order valence-corrected chi connectivity index (χ3v) is 5.86. The van der Waals surface area contributed by atoms with E-state index in [0.29, 0.717) is 45.4 Å². The first-order chi connectivity index (χ1) is 15.5. The van der Waals surface area contributed by atoms with Gasteiger partial charge >= 0.3 is 0 Å². The van der Waals surface area contributed by atoms with Gasteiger partial charge in [-0.05, 0) is 56.3 Å². The maximum absolute atomic E-state index is 12.9. The second-order valence-electron chi connectivity index (χ2n) is 6.20. The van der Waals surface area contributed by atoms with Gasteiger partial charge in [0.15, 0.2) is 15.8 Å². The van der Waals surface area contributed by atoms with Crippen LogP contribution in [0.15, 0.2) is 46.8 Å². The number of carbonyl (C=O) groups is 2. The van der Waals surface area contributed by atoms with E-state index in [-0.39, 0.29) is 23.4 Å². The molecule has 3 aromatic rings. The van der Waals surface area contributed by atoms with Crippen LogP contribution >= 0.6 is 23.1 Å². The van der Waals surface area contributed by atoms with Crippen LogP contribution in [-0.4, -0.2) is 41.0 Å². The number of nitrogens with zero attached hydrogens (tertiary/aromatic N) is 2. The Morgan fingerprint density at radius 3 is 2.44 bits per heavy atom. The van der Waals surface area contributed by atoms with Gasteiger partial charge in [0.25, 0.3) is 5.91 Å². The van der Waals surface area contributed by atoms with Crippen molar-refractivity contribution in [3.8, 4) is 11.5 Å². The molecule has 8 nitrogen and oxygen atoms in total. The van der Waals surface area contributed by atoms with Gasteiger partial charge in [-0.1, -0.05) is 23.1 Å². The molecule has 0 bridgehead atoms. The van der Waals surface area contributed by atoms with Crippen LogP contribution in [0.2, 0.25) is 0 Å². The lowest BCUT2D eigenvalue weighted by Gasteiger charge is -2.12. The molecule has 0 aliphatic carbocycles. The summed E-state index contributed by atoms with van der Waals surface area (Å²) in [5, 5.41) is 13.6. The zero-order valence-electron chi connectivity index (χ0n) is 17.4. The number of thioether (sulfide) groups is 1. The third kappa shape index (κ3) is 6.66. The van der Waals surface area contributed by atoms with Crippen molar-refractivity contribution in [1.82, 2.24) is 10.2 Å². The molecule has 0 spiro atoms. The molecule has 0 saturated carbocycles. The first-order valence-electron chi connectivity index (χ1n) is 9.71. The minimum Gasteiger partial charge on any atom is -0.490 e. The highest BCUT2D eigenvalue weighted by molar-refractivity contribution is 8.01. The highest BCUT2D eigenvalue weighted by atomic mass is 32.2. The molecule has 1 aromatic heterocycles. The summed E-state index contributed by atoms with van der Waals surface area (Å²) >= 11 is 2.34. The fraction of sp³-hybridized carbons (Fsp3) is 0.238. The quantitative estimate of drug-likeness (QED) is 0.329. The largest absolute Gasteiger partial charge is 0.490 e. The minimum atomic E-state index is -0.375. The highest BCUT2D eigenvalue weighted by Crippen LogP contribution is 2.30. The number of ether oxygens (including phenoxy) is 2. The van der Waals surface area contributed by atoms with E-state index in [1.54, 1.807) is 18.2 Å². The van der Waals surface area contributed by atoms with Crippen molar-refractivity contribution in [3.63, 3.8) is 0 Å². The molecule has 32 heavy (non-hydrogen) atoms. The van der Waals surface area contributed by atoms with Crippen molar-refractivity contribution in [3.05, 3.63) is 53.8 Å². The lowest BCUT2D eigenvalue weighted by molar-refractivity contribution is -0.113. The summed E-state index contributed by atoms with van der Waals surface area (Å²) in [4.78, 5) is 24.6. The molecule has 0 radical (unpaired) electrons. The molecule has 2 amide bonds. The molecule has 2 N–H and O–H groups in total. The molecule has 0 atom stereocenters. The molecule has 0 unspecified atom stereocenters. The van der Waals surface area contributed by atoms with E-state index in [0.717, 1.165) is 11.3 Å². The van der Waals surface area contributed by atoms with Gasteiger partial charge in [0.05, 0.1) is 19.0 Å². The van der Waals surface area contributed by atoms with E-state index >= 15 is 0 Å². The number of amides is 2. The Morgan fingerprint density at radius 1 is 1.00 bits per heavy atom. The Kier molecular flexibility index (Phi) is 8.40. The highest BCUT2D eigenvalue weighted by Gasteiger charge is 2.15. The zero-order chi connectivity index (χ0) is 22.9. The van der Waals surface area contributed by atoms with Gasteiger partial charge in [-0.25, -0.2) is 4.39 Å². The van der Waals surface area contributed by atoms with Gasteiger partial charge in [0, 0.05) is 11.3 Å². The van der Waals surface area contributed by atoms with E-state index in [9.17, 15) is 14.0 Å². The average molecular weight is 477 g/mol. The smallest absolute Gasteiger partial charge is 0.257 e. The summed E-state index contributed by atoms with van der Waals surface area (Å²) in [5.41, 5.74) is 0.893. The minimum absolute atomic E-state index is 0.0938. The SMILES string of the molecule is CCOc1ccc(C(=O)Nc2nnc(SCC(=O)Nc3ccc(F)cc3)s2)cc1OCC. The zero-order valence-corrected chi connectivity index (χ0v) is 19.0. The Balaban J connectivity index is 1.55. The van der Waals surface area contributed by atoms with Crippen molar-refractivity contribution < 1.29 is 23.5 Å². The number of rotatable bonds is 10. The molecular weight excluding hydrogens is 455 g/mol. The summed E-state index contributed by atoms with van der Waals surface area (Å²) in [6, 6.07) is 10.4. The van der Waals surface area contributed by atoms with Crippen molar-refractivity contribution in [2.75, 3.05) is 29.6 Å². The standard InChI is InChI=1S/C21H21FN4O4S2/c1-3-29-16-10-5-13(11-17(16)30-4-2)19(28)24-20-25-26-21(32-20)31-12-18(27)23-15-8-6-14(22)7-9-15/h5-11H,3-4,12H2,1-2H3,(H,23,27)(H,24,25,28). The van der Waals surface area contributed by atoms with Gasteiger partial charge in [-0.15, -0.1) is 10.2 Å². The molecule has 1 heterocycles. The summed E-state index contributed by atoms with van der Waals surface area (Å²) in [6.45, 7) is 4.65. The Labute approximate surface area is 192 Å². The normalized spacial score (nSPS) is 10.5. The van der Waals surface area contributed by atoms with E-state index in [1.807, 2.05) is 13.8 Å². The van der Waals surface area contributed by atoms with Crippen LogP contribution < -0.4 is 20.1 Å². The van der Waals surface area contributed by atoms with Crippen LogP contribution in [0.3, 0.4) is 0 Å². The van der Waals surface area contributed by atoms with E-state index in [4.69, 9.17) is 9.47 Å². The van der Waals surface area contributed by atoms with Gasteiger partial charge in [0.2, 0.25) is 11.0 Å². The van der Waals surface area contributed by atoms with Crippen LogP contribution in [0.5, 0.6) is 11.5 Å². The maximum atomic E-state index is 12.9. The molecule has 0 aliphatic rings. The van der Waals surface area contributed by atoms with Gasteiger partial charge in [-0.3, -0.25) is 14.9 Å². The Hall–Kier alpha value is -3.18. The second kappa shape index (κ2) is 11.4. The van der Waals surface area contributed by atoms with Crippen molar-refractivity contribution >= 4 is 45.7 Å². The van der Waals surface area contributed by atoms with Crippen LogP contribution in [0.1, 0.15) is 24.2 Å². The Morgan fingerprint density at radius 2 is 1.72 bits per heavy atom.